The molecule has 1 saturated heterocycles. The first-order valence-electron chi connectivity index (χ1n) is 8.78. The first-order chi connectivity index (χ1) is 9.78. The molecule has 1 fully saturated rings. The van der Waals surface area contributed by atoms with E-state index in [4.69, 9.17) is 0 Å². The second kappa shape index (κ2) is 8.77. The van der Waals surface area contributed by atoms with E-state index in [0.29, 0.717) is 11.3 Å². The van der Waals surface area contributed by atoms with E-state index in [0.717, 1.165) is 51.5 Å². The number of carbonyl (C=O) groups is 1. The molecule has 1 rings (SSSR count). The molecule has 0 aliphatic carbocycles. The van der Waals surface area contributed by atoms with E-state index in [9.17, 15) is 4.79 Å². The van der Waals surface area contributed by atoms with Gasteiger partial charge >= 0.3 is 0 Å². The summed E-state index contributed by atoms with van der Waals surface area (Å²) in [5.74, 6) is 1.09. The summed E-state index contributed by atoms with van der Waals surface area (Å²) in [7, 11) is 0. The van der Waals surface area contributed by atoms with Gasteiger partial charge in [-0.15, -0.1) is 0 Å². The molecule has 0 saturated carbocycles. The number of nitrogens with zero attached hydrogens (tertiary/aromatic N) is 2. The number of amides is 1. The van der Waals surface area contributed by atoms with E-state index >= 15 is 0 Å². The lowest BCUT2D eigenvalue weighted by Crippen LogP contribution is -2.49. The SMILES string of the molecule is CC(C)CN1CCN(C(=O)CCCCCC(C)(C)C)CC1. The Kier molecular flexibility index (Phi) is 7.72. The quantitative estimate of drug-likeness (QED) is 0.667. The zero-order valence-corrected chi connectivity index (χ0v) is 15.0. The summed E-state index contributed by atoms with van der Waals surface area (Å²) in [5, 5.41) is 0. The van der Waals surface area contributed by atoms with Gasteiger partial charge < -0.3 is 4.90 Å². The van der Waals surface area contributed by atoms with Crippen LogP contribution in [-0.2, 0) is 4.79 Å². The summed E-state index contributed by atoms with van der Waals surface area (Å²) in [6, 6.07) is 0. The fourth-order valence-electron chi connectivity index (χ4n) is 2.96. The maximum atomic E-state index is 12.2. The molecule has 1 aliphatic rings. The Labute approximate surface area is 132 Å². The highest BCUT2D eigenvalue weighted by molar-refractivity contribution is 5.76. The van der Waals surface area contributed by atoms with Crippen molar-refractivity contribution in [1.82, 2.24) is 9.80 Å². The topological polar surface area (TPSA) is 23.6 Å². The highest BCUT2D eigenvalue weighted by Gasteiger charge is 2.20. The maximum Gasteiger partial charge on any atom is 0.222 e. The largest absolute Gasteiger partial charge is 0.340 e. The van der Waals surface area contributed by atoms with Gasteiger partial charge in [0.2, 0.25) is 5.91 Å². The highest BCUT2D eigenvalue weighted by atomic mass is 16.2. The molecule has 3 nitrogen and oxygen atoms in total. The first kappa shape index (κ1) is 18.5. The molecule has 1 heterocycles. The highest BCUT2D eigenvalue weighted by Crippen LogP contribution is 2.22. The first-order valence-corrected chi connectivity index (χ1v) is 8.78. The van der Waals surface area contributed by atoms with E-state index in [1.54, 1.807) is 0 Å². The van der Waals surface area contributed by atoms with Gasteiger partial charge in [0.25, 0.3) is 0 Å². The monoisotopic (exact) mass is 296 g/mol. The van der Waals surface area contributed by atoms with Crippen molar-refractivity contribution in [3.8, 4) is 0 Å². The standard InChI is InChI=1S/C18H36N2O/c1-16(2)15-19-11-13-20(14-12-19)17(21)9-7-6-8-10-18(3,4)5/h16H,6-15H2,1-5H3. The van der Waals surface area contributed by atoms with Crippen LogP contribution in [0, 0.1) is 11.3 Å². The van der Waals surface area contributed by atoms with Gasteiger partial charge in [0, 0.05) is 39.1 Å². The Morgan fingerprint density at radius 1 is 1.00 bits per heavy atom. The van der Waals surface area contributed by atoms with Crippen LogP contribution in [0.5, 0.6) is 0 Å². The summed E-state index contributed by atoms with van der Waals surface area (Å²) in [4.78, 5) is 16.7. The van der Waals surface area contributed by atoms with Crippen molar-refractivity contribution in [2.75, 3.05) is 32.7 Å². The summed E-state index contributed by atoms with van der Waals surface area (Å²) >= 11 is 0. The lowest BCUT2D eigenvalue weighted by molar-refractivity contribution is -0.133. The zero-order valence-electron chi connectivity index (χ0n) is 15.0. The Hall–Kier alpha value is -0.570. The molecule has 0 unspecified atom stereocenters. The number of hydrogen-bond donors (Lipinski definition) is 0. The van der Waals surface area contributed by atoms with Crippen molar-refractivity contribution in [2.45, 2.75) is 66.7 Å². The summed E-state index contributed by atoms with van der Waals surface area (Å²) in [5.41, 5.74) is 0.427. The van der Waals surface area contributed by atoms with Gasteiger partial charge in [-0.2, -0.15) is 0 Å². The maximum absolute atomic E-state index is 12.2. The minimum absolute atomic E-state index is 0.370. The molecule has 21 heavy (non-hydrogen) atoms. The second-order valence-corrected chi connectivity index (χ2v) is 8.20. The van der Waals surface area contributed by atoms with Crippen molar-refractivity contribution in [1.29, 1.82) is 0 Å². The zero-order chi connectivity index (χ0) is 15.9. The van der Waals surface area contributed by atoms with Crippen LogP contribution in [0.2, 0.25) is 0 Å². The van der Waals surface area contributed by atoms with Crippen LogP contribution in [0.4, 0.5) is 0 Å². The third-order valence-corrected chi connectivity index (χ3v) is 4.17. The molecule has 1 amide bonds. The van der Waals surface area contributed by atoms with Gasteiger partial charge in [-0.05, 0) is 24.2 Å². The Balaban J connectivity index is 2.11. The predicted octanol–water partition coefficient (Wildman–Crippen LogP) is 3.78. The molecule has 0 radical (unpaired) electrons. The Morgan fingerprint density at radius 2 is 1.62 bits per heavy atom. The van der Waals surface area contributed by atoms with Crippen LogP contribution < -0.4 is 0 Å². The summed E-state index contributed by atoms with van der Waals surface area (Å²) in [6.07, 6.45) is 5.50. The van der Waals surface area contributed by atoms with Gasteiger partial charge in [-0.1, -0.05) is 47.5 Å². The molecule has 0 N–H and O–H groups in total. The second-order valence-electron chi connectivity index (χ2n) is 8.20. The van der Waals surface area contributed by atoms with Crippen LogP contribution in [0.15, 0.2) is 0 Å². The van der Waals surface area contributed by atoms with E-state index < -0.39 is 0 Å². The molecule has 1 aliphatic heterocycles. The predicted molar refractivity (Wildman–Crippen MR) is 90.4 cm³/mol. The van der Waals surface area contributed by atoms with Crippen molar-refractivity contribution in [3.05, 3.63) is 0 Å². The van der Waals surface area contributed by atoms with Crippen LogP contribution >= 0.6 is 0 Å². The third kappa shape index (κ3) is 8.45. The summed E-state index contributed by atoms with van der Waals surface area (Å²) in [6.45, 7) is 16.5. The normalized spacial score (nSPS) is 17.5. The third-order valence-electron chi connectivity index (χ3n) is 4.17. The van der Waals surface area contributed by atoms with Gasteiger partial charge in [0.15, 0.2) is 0 Å². The number of unbranched alkanes of at least 4 members (excludes halogenated alkanes) is 2. The molecule has 0 spiro atoms. The summed E-state index contributed by atoms with van der Waals surface area (Å²) < 4.78 is 0. The molecule has 0 atom stereocenters. The number of piperazine rings is 1. The number of rotatable bonds is 7. The average Bonchev–Trinajstić information content (AvgIpc) is 2.37. The van der Waals surface area contributed by atoms with E-state index in [2.05, 4.69) is 44.4 Å². The van der Waals surface area contributed by atoms with Crippen molar-refractivity contribution < 1.29 is 4.79 Å². The van der Waals surface area contributed by atoms with Gasteiger partial charge in [-0.25, -0.2) is 0 Å². The van der Waals surface area contributed by atoms with Crippen molar-refractivity contribution >= 4 is 5.91 Å². The molecular formula is C18H36N2O. The van der Waals surface area contributed by atoms with Gasteiger partial charge in [0.05, 0.1) is 0 Å². The minimum atomic E-state index is 0.370. The van der Waals surface area contributed by atoms with E-state index in [1.807, 2.05) is 0 Å². The smallest absolute Gasteiger partial charge is 0.222 e. The molecule has 0 aromatic rings. The molecule has 124 valence electrons. The molecule has 0 aromatic heterocycles. The van der Waals surface area contributed by atoms with Crippen molar-refractivity contribution in [3.63, 3.8) is 0 Å². The molecule has 0 bridgehead atoms. The fraction of sp³-hybridized carbons (Fsp3) is 0.944. The van der Waals surface area contributed by atoms with Gasteiger partial charge in [-0.3, -0.25) is 9.69 Å². The number of carbonyl (C=O) groups excluding carboxylic acids is 1. The fourth-order valence-corrected chi connectivity index (χ4v) is 2.96. The molecule has 3 heteroatoms. The van der Waals surface area contributed by atoms with E-state index in [-0.39, 0.29) is 0 Å². The van der Waals surface area contributed by atoms with Crippen LogP contribution in [0.25, 0.3) is 0 Å². The minimum Gasteiger partial charge on any atom is -0.340 e. The van der Waals surface area contributed by atoms with Gasteiger partial charge in [0.1, 0.15) is 0 Å². The number of hydrogen-bond acceptors (Lipinski definition) is 2. The molecule has 0 aromatic carbocycles. The lowest BCUT2D eigenvalue weighted by atomic mass is 9.89. The van der Waals surface area contributed by atoms with Crippen molar-refractivity contribution in [2.24, 2.45) is 11.3 Å². The lowest BCUT2D eigenvalue weighted by Gasteiger charge is -2.35. The molecular weight excluding hydrogens is 260 g/mol. The van der Waals surface area contributed by atoms with E-state index in [1.165, 1.54) is 19.3 Å². The van der Waals surface area contributed by atoms with Crippen LogP contribution in [0.3, 0.4) is 0 Å². The van der Waals surface area contributed by atoms with Crippen LogP contribution in [-0.4, -0.2) is 48.4 Å². The Bertz CT molecular complexity index is 299. The Morgan fingerprint density at radius 3 is 2.14 bits per heavy atom. The van der Waals surface area contributed by atoms with Crippen LogP contribution in [0.1, 0.15) is 66.7 Å². The average molecular weight is 296 g/mol.